The first-order valence-corrected chi connectivity index (χ1v) is 10.4. The van der Waals surface area contributed by atoms with Gasteiger partial charge in [-0.2, -0.15) is 10.4 Å². The van der Waals surface area contributed by atoms with Crippen molar-refractivity contribution in [2.75, 3.05) is 0 Å². The van der Waals surface area contributed by atoms with E-state index in [2.05, 4.69) is 15.3 Å². The number of benzene rings is 2. The highest BCUT2D eigenvalue weighted by Gasteiger charge is 2.17. The SMILES string of the molecule is CCC(=O)Oc1nnc(-c2ccc(Oc3c(C)nn(-c4ccc(C#N)c(Cl)c4)c3C)cc2)o1. The molecule has 0 unspecified atom stereocenters. The molecule has 10 heteroatoms. The number of esters is 1. The van der Waals surface area contributed by atoms with Gasteiger partial charge in [0.25, 0.3) is 5.89 Å². The first-order valence-electron chi connectivity index (χ1n) is 9.98. The van der Waals surface area contributed by atoms with E-state index in [1.54, 1.807) is 54.1 Å². The Bertz CT molecular complexity index is 1370. The summed E-state index contributed by atoms with van der Waals surface area (Å²) in [6.45, 7) is 5.40. The maximum atomic E-state index is 11.3. The Morgan fingerprint density at radius 1 is 1.18 bits per heavy atom. The van der Waals surface area contributed by atoms with Crippen LogP contribution in [0, 0.1) is 25.2 Å². The second-order valence-electron chi connectivity index (χ2n) is 7.01. The van der Waals surface area contributed by atoms with Crippen LogP contribution in [-0.4, -0.2) is 25.9 Å². The zero-order chi connectivity index (χ0) is 23.5. The first kappa shape index (κ1) is 22.0. The predicted molar refractivity (Wildman–Crippen MR) is 118 cm³/mol. The molecule has 4 aromatic rings. The summed E-state index contributed by atoms with van der Waals surface area (Å²) in [6, 6.07) is 14.2. The molecule has 0 radical (unpaired) electrons. The zero-order valence-corrected chi connectivity index (χ0v) is 18.8. The molecule has 0 atom stereocenters. The van der Waals surface area contributed by atoms with Gasteiger partial charge in [0.15, 0.2) is 5.75 Å². The van der Waals surface area contributed by atoms with Crippen molar-refractivity contribution >= 4 is 17.6 Å². The van der Waals surface area contributed by atoms with Crippen molar-refractivity contribution < 1.29 is 18.7 Å². The molecule has 0 saturated carbocycles. The second-order valence-corrected chi connectivity index (χ2v) is 7.42. The van der Waals surface area contributed by atoms with Crippen molar-refractivity contribution in [3.63, 3.8) is 0 Å². The van der Waals surface area contributed by atoms with Crippen LogP contribution in [-0.2, 0) is 4.79 Å². The number of aromatic nitrogens is 4. The van der Waals surface area contributed by atoms with Gasteiger partial charge in [-0.15, -0.1) is 5.10 Å². The van der Waals surface area contributed by atoms with E-state index >= 15 is 0 Å². The fraction of sp³-hybridized carbons (Fsp3) is 0.174. The van der Waals surface area contributed by atoms with Crippen LogP contribution in [0.5, 0.6) is 17.6 Å². The Balaban J connectivity index is 1.54. The summed E-state index contributed by atoms with van der Waals surface area (Å²) in [7, 11) is 0. The molecule has 0 aliphatic carbocycles. The lowest BCUT2D eigenvalue weighted by atomic mass is 10.2. The van der Waals surface area contributed by atoms with Gasteiger partial charge in [0, 0.05) is 12.0 Å². The molecule has 0 bridgehead atoms. The van der Waals surface area contributed by atoms with Gasteiger partial charge >= 0.3 is 12.0 Å². The van der Waals surface area contributed by atoms with Crippen molar-refractivity contribution in [1.29, 1.82) is 5.26 Å². The average Bonchev–Trinajstić information content (AvgIpc) is 3.39. The molecular formula is C23H18ClN5O4. The molecule has 0 amide bonds. The van der Waals surface area contributed by atoms with E-state index in [-0.39, 0.29) is 18.4 Å². The molecule has 33 heavy (non-hydrogen) atoms. The highest BCUT2D eigenvalue weighted by Crippen LogP contribution is 2.32. The number of nitrogens with zero attached hydrogens (tertiary/aromatic N) is 5. The van der Waals surface area contributed by atoms with Crippen LogP contribution in [0.25, 0.3) is 17.1 Å². The van der Waals surface area contributed by atoms with Gasteiger partial charge in [-0.3, -0.25) is 4.79 Å². The van der Waals surface area contributed by atoms with E-state index < -0.39 is 5.97 Å². The lowest BCUT2D eigenvalue weighted by Gasteiger charge is -2.08. The fourth-order valence-corrected chi connectivity index (χ4v) is 3.29. The molecule has 166 valence electrons. The fourth-order valence-electron chi connectivity index (χ4n) is 3.07. The van der Waals surface area contributed by atoms with Crippen LogP contribution in [0.15, 0.2) is 46.9 Å². The minimum absolute atomic E-state index is 0.196. The summed E-state index contributed by atoms with van der Waals surface area (Å²) < 4.78 is 18.1. The third-order valence-corrected chi connectivity index (χ3v) is 5.07. The molecule has 2 aromatic carbocycles. The molecule has 0 aliphatic rings. The second kappa shape index (κ2) is 9.14. The average molecular weight is 464 g/mol. The Kier molecular flexibility index (Phi) is 6.11. The summed E-state index contributed by atoms with van der Waals surface area (Å²) in [5.41, 5.74) is 3.23. The van der Waals surface area contributed by atoms with Gasteiger partial charge in [-0.1, -0.05) is 23.6 Å². The van der Waals surface area contributed by atoms with Crippen LogP contribution >= 0.6 is 11.6 Å². The third-order valence-electron chi connectivity index (χ3n) is 4.76. The molecule has 0 N–H and O–H groups in total. The Labute approximate surface area is 194 Å². The van der Waals surface area contributed by atoms with Crippen molar-refractivity contribution in [3.05, 3.63) is 64.4 Å². The molecule has 9 nitrogen and oxygen atoms in total. The van der Waals surface area contributed by atoms with Crippen molar-refractivity contribution in [2.24, 2.45) is 0 Å². The molecule has 2 aromatic heterocycles. The highest BCUT2D eigenvalue weighted by atomic mass is 35.5. The summed E-state index contributed by atoms with van der Waals surface area (Å²) in [5.74, 6) is 0.955. The number of ether oxygens (including phenoxy) is 2. The minimum atomic E-state index is -0.455. The standard InChI is InChI=1S/C23H18ClN5O4/c1-4-20(30)32-23-27-26-22(33-23)15-6-9-18(10-7-15)31-21-13(2)28-29(14(21)3)17-8-5-16(12-25)19(24)11-17/h5-11H,4H2,1-3H3. The summed E-state index contributed by atoms with van der Waals surface area (Å²) >= 11 is 6.17. The van der Waals surface area contributed by atoms with E-state index in [0.717, 1.165) is 11.4 Å². The molecule has 0 spiro atoms. The van der Waals surface area contributed by atoms with E-state index in [1.807, 2.05) is 19.9 Å². The normalized spacial score (nSPS) is 10.6. The van der Waals surface area contributed by atoms with E-state index in [1.165, 1.54) is 0 Å². The number of hydrogen-bond donors (Lipinski definition) is 0. The van der Waals surface area contributed by atoms with Gasteiger partial charge in [-0.25, -0.2) is 4.68 Å². The molecule has 0 aliphatic heterocycles. The summed E-state index contributed by atoms with van der Waals surface area (Å²) in [6.07, 6.45) is 0.0101. The number of rotatable bonds is 6. The monoisotopic (exact) mass is 463 g/mol. The topological polar surface area (TPSA) is 116 Å². The number of carbonyl (C=O) groups is 1. The van der Waals surface area contributed by atoms with Crippen molar-refractivity contribution in [2.45, 2.75) is 27.2 Å². The Hall–Kier alpha value is -4.16. The van der Waals surface area contributed by atoms with Gasteiger partial charge in [0.1, 0.15) is 17.5 Å². The van der Waals surface area contributed by atoms with Crippen LogP contribution in [0.1, 0.15) is 30.3 Å². The van der Waals surface area contributed by atoms with Gasteiger partial charge in [0.2, 0.25) is 0 Å². The molecule has 0 saturated heterocycles. The lowest BCUT2D eigenvalue weighted by molar-refractivity contribution is -0.135. The van der Waals surface area contributed by atoms with Gasteiger partial charge in [-0.05, 0) is 56.3 Å². The molecule has 4 rings (SSSR count). The van der Waals surface area contributed by atoms with Gasteiger partial charge < -0.3 is 13.9 Å². The van der Waals surface area contributed by atoms with E-state index in [9.17, 15) is 4.79 Å². The van der Waals surface area contributed by atoms with Crippen LogP contribution in [0.2, 0.25) is 5.02 Å². The smallest absolute Gasteiger partial charge is 0.422 e. The number of halogens is 1. The number of aryl methyl sites for hydroxylation is 1. The highest BCUT2D eigenvalue weighted by molar-refractivity contribution is 6.31. The minimum Gasteiger partial charge on any atom is -0.453 e. The maximum absolute atomic E-state index is 11.3. The number of nitriles is 1. The Morgan fingerprint density at radius 3 is 2.61 bits per heavy atom. The predicted octanol–water partition coefficient (Wildman–Crippen LogP) is 5.17. The van der Waals surface area contributed by atoms with Crippen molar-refractivity contribution in [3.8, 4) is 40.8 Å². The lowest BCUT2D eigenvalue weighted by Crippen LogP contribution is -2.05. The molecular weight excluding hydrogens is 446 g/mol. The van der Waals surface area contributed by atoms with Crippen LogP contribution in [0.3, 0.4) is 0 Å². The molecule has 0 fully saturated rings. The Morgan fingerprint density at radius 2 is 1.94 bits per heavy atom. The summed E-state index contributed by atoms with van der Waals surface area (Å²) in [4.78, 5) is 11.3. The quantitative estimate of drug-likeness (QED) is 0.359. The van der Waals surface area contributed by atoms with Crippen LogP contribution in [0.4, 0.5) is 0 Å². The zero-order valence-electron chi connectivity index (χ0n) is 18.0. The largest absolute Gasteiger partial charge is 0.453 e. The first-order chi connectivity index (χ1) is 15.9. The number of hydrogen-bond acceptors (Lipinski definition) is 8. The third kappa shape index (κ3) is 4.56. The molecule has 2 heterocycles. The van der Waals surface area contributed by atoms with E-state index in [4.69, 9.17) is 30.8 Å². The maximum Gasteiger partial charge on any atom is 0.422 e. The van der Waals surface area contributed by atoms with E-state index in [0.29, 0.717) is 33.3 Å². The summed E-state index contributed by atoms with van der Waals surface area (Å²) in [5, 5.41) is 21.6. The van der Waals surface area contributed by atoms with Crippen LogP contribution < -0.4 is 9.47 Å². The van der Waals surface area contributed by atoms with Gasteiger partial charge in [0.05, 0.1) is 22.0 Å². The van der Waals surface area contributed by atoms with Crippen molar-refractivity contribution in [1.82, 2.24) is 20.0 Å². The number of carbonyl (C=O) groups excluding carboxylic acids is 1.